The number of pyridine rings is 1. The Bertz CT molecular complexity index is 1220. The summed E-state index contributed by atoms with van der Waals surface area (Å²) >= 11 is 1.14. The molecule has 8 heteroatoms. The zero-order valence-corrected chi connectivity index (χ0v) is 22.0. The number of rotatable bonds is 10. The Morgan fingerprint density at radius 2 is 1.94 bits per heavy atom. The maximum Gasteiger partial charge on any atom is 0.313 e. The van der Waals surface area contributed by atoms with Gasteiger partial charge in [-0.1, -0.05) is 44.2 Å². The maximum absolute atomic E-state index is 13.3. The van der Waals surface area contributed by atoms with Crippen molar-refractivity contribution in [1.29, 1.82) is 0 Å². The Morgan fingerprint density at radius 3 is 2.60 bits per heavy atom. The van der Waals surface area contributed by atoms with E-state index in [-0.39, 0.29) is 17.9 Å². The lowest BCUT2D eigenvalue weighted by atomic mass is 9.89. The van der Waals surface area contributed by atoms with Gasteiger partial charge in [0, 0.05) is 59.7 Å². The Labute approximate surface area is 217 Å². The molecule has 2 aromatic heterocycles. The van der Waals surface area contributed by atoms with Crippen LogP contribution in [0.5, 0.6) is 5.88 Å². The molecule has 0 saturated heterocycles. The number of hydrogen-bond acceptors (Lipinski definition) is 3. The summed E-state index contributed by atoms with van der Waals surface area (Å²) in [5.41, 5.74) is 4.02. The predicted octanol–water partition coefficient (Wildman–Crippen LogP) is 6.72. The molecule has 0 saturated carbocycles. The highest BCUT2D eigenvalue weighted by Crippen LogP contribution is 2.32. The van der Waals surface area contributed by atoms with E-state index in [4.69, 9.17) is 4.74 Å². The molecule has 0 radical (unpaired) electrons. The number of hydrogen-bond donors (Lipinski definition) is 0. The first-order valence-corrected chi connectivity index (χ1v) is 12.5. The molecule has 0 N–H and O–H groups in total. The van der Waals surface area contributed by atoms with Crippen LogP contribution in [0.3, 0.4) is 0 Å². The van der Waals surface area contributed by atoms with Crippen LogP contribution in [0.4, 0.5) is 8.78 Å². The van der Waals surface area contributed by atoms with Gasteiger partial charge in [-0.05, 0) is 40.8 Å². The van der Waals surface area contributed by atoms with Gasteiger partial charge in [-0.25, -0.2) is 4.98 Å². The van der Waals surface area contributed by atoms with E-state index in [1.165, 1.54) is 4.57 Å². The Kier molecular flexibility index (Phi) is 7.30. The van der Waals surface area contributed by atoms with Gasteiger partial charge in [0.05, 0.1) is 13.2 Å². The molecule has 4 rings (SSSR count). The number of amides is 1. The van der Waals surface area contributed by atoms with Crippen molar-refractivity contribution in [3.63, 3.8) is 0 Å². The Hall–Kier alpha value is -2.75. The highest BCUT2D eigenvalue weighted by molar-refractivity contribution is 14.1. The third kappa shape index (κ3) is 5.91. The number of nitrogens with zero attached hydrogens (tertiary/aromatic N) is 3. The second-order valence-electron chi connectivity index (χ2n) is 9.20. The fourth-order valence-corrected chi connectivity index (χ4v) is 4.39. The molecule has 35 heavy (non-hydrogen) atoms. The summed E-state index contributed by atoms with van der Waals surface area (Å²) in [6.45, 7) is 9.02. The van der Waals surface area contributed by atoms with Crippen molar-refractivity contribution in [2.45, 2.75) is 43.8 Å². The third-order valence-electron chi connectivity index (χ3n) is 6.48. The summed E-state index contributed by atoms with van der Waals surface area (Å²) < 4.78 is 31.2. The van der Waals surface area contributed by atoms with Gasteiger partial charge in [0.1, 0.15) is 5.56 Å². The first-order valence-electron chi connectivity index (χ1n) is 11.5. The second-order valence-corrected chi connectivity index (χ2v) is 10.8. The first-order chi connectivity index (χ1) is 16.6. The van der Waals surface area contributed by atoms with Crippen molar-refractivity contribution in [1.82, 2.24) is 14.5 Å². The van der Waals surface area contributed by atoms with Crippen LogP contribution >= 0.6 is 22.6 Å². The second kappa shape index (κ2) is 10.1. The van der Waals surface area contributed by atoms with E-state index in [1.54, 1.807) is 23.5 Å². The number of carbonyl (C=O) groups excluding carboxylic acids is 1. The maximum atomic E-state index is 13.3. The summed E-state index contributed by atoms with van der Waals surface area (Å²) in [4.78, 5) is 19.3. The fraction of sp³-hybridized carbons (Fsp3) is 0.333. The van der Waals surface area contributed by atoms with Crippen LogP contribution in [0.25, 0.3) is 11.1 Å². The Balaban J connectivity index is 1.44. The molecule has 1 aliphatic rings. The lowest BCUT2D eigenvalue weighted by Gasteiger charge is -2.24. The van der Waals surface area contributed by atoms with E-state index in [0.29, 0.717) is 31.1 Å². The SMILES string of the molecule is C=CC(C)(CC)COc1nccc2c1C(=O)N(Cc1ccc(-c3ccn(CC(F)(F)I)c3)cc1)C2. The van der Waals surface area contributed by atoms with Gasteiger partial charge >= 0.3 is 3.93 Å². The number of aromatic nitrogens is 2. The van der Waals surface area contributed by atoms with Gasteiger partial charge in [-0.2, -0.15) is 8.78 Å². The van der Waals surface area contributed by atoms with Gasteiger partial charge in [0.15, 0.2) is 0 Å². The van der Waals surface area contributed by atoms with Crippen molar-refractivity contribution in [2.75, 3.05) is 6.61 Å². The summed E-state index contributed by atoms with van der Waals surface area (Å²) in [5, 5.41) is 0. The average molecular weight is 591 g/mol. The van der Waals surface area contributed by atoms with Crippen LogP contribution in [-0.4, -0.2) is 30.9 Å². The van der Waals surface area contributed by atoms with Crippen LogP contribution in [0.1, 0.15) is 41.8 Å². The van der Waals surface area contributed by atoms with Gasteiger partial charge in [0.2, 0.25) is 5.88 Å². The van der Waals surface area contributed by atoms with Gasteiger partial charge in [-0.3, -0.25) is 4.79 Å². The molecule has 3 aromatic rings. The molecule has 1 unspecified atom stereocenters. The van der Waals surface area contributed by atoms with Crippen molar-refractivity contribution in [2.24, 2.45) is 5.41 Å². The number of halogens is 3. The average Bonchev–Trinajstić information content (AvgIpc) is 3.41. The lowest BCUT2D eigenvalue weighted by molar-refractivity contribution is 0.0760. The molecule has 0 fully saturated rings. The molecule has 1 aliphatic heterocycles. The quantitative estimate of drug-likeness (QED) is 0.150. The standard InChI is InChI=1S/C27H28F2IN3O2/c1-4-26(3,5-2)18-35-24-23-22(10-12-31-24)16-33(25(23)34)14-19-6-8-20(9-7-19)21-11-13-32(15-21)17-27(28,29)30/h4,6-13,15H,1,5,14,16-18H2,2-3H3. The van der Waals surface area contributed by atoms with Crippen molar-refractivity contribution < 1.29 is 18.3 Å². The number of carbonyl (C=O) groups is 1. The highest BCUT2D eigenvalue weighted by atomic mass is 127. The Morgan fingerprint density at radius 1 is 1.20 bits per heavy atom. The summed E-state index contributed by atoms with van der Waals surface area (Å²) in [6, 6.07) is 11.5. The van der Waals surface area contributed by atoms with Crippen molar-refractivity contribution in [3.8, 4) is 17.0 Å². The smallest absolute Gasteiger partial charge is 0.313 e. The molecular weight excluding hydrogens is 563 g/mol. The predicted molar refractivity (Wildman–Crippen MR) is 141 cm³/mol. The van der Waals surface area contributed by atoms with Crippen molar-refractivity contribution in [3.05, 3.63) is 84.3 Å². The van der Waals surface area contributed by atoms with E-state index < -0.39 is 3.93 Å². The number of alkyl halides is 3. The topological polar surface area (TPSA) is 47.4 Å². The molecule has 3 heterocycles. The molecule has 1 aromatic carbocycles. The summed E-state index contributed by atoms with van der Waals surface area (Å²) in [7, 11) is 0. The van der Waals surface area contributed by atoms with E-state index in [2.05, 4.69) is 25.4 Å². The van der Waals surface area contributed by atoms with E-state index in [9.17, 15) is 13.6 Å². The molecule has 0 spiro atoms. The van der Waals surface area contributed by atoms with Crippen LogP contribution in [0, 0.1) is 5.41 Å². The number of fused-ring (bicyclic) bond motifs is 1. The highest BCUT2D eigenvalue weighted by Gasteiger charge is 2.32. The lowest BCUT2D eigenvalue weighted by Crippen LogP contribution is -2.25. The van der Waals surface area contributed by atoms with Crippen LogP contribution in [-0.2, 0) is 19.6 Å². The molecule has 0 aliphatic carbocycles. The summed E-state index contributed by atoms with van der Waals surface area (Å²) in [5.74, 6) is 0.272. The fourth-order valence-electron chi connectivity index (χ4n) is 3.99. The zero-order valence-electron chi connectivity index (χ0n) is 19.8. The van der Waals surface area contributed by atoms with Crippen LogP contribution < -0.4 is 4.74 Å². The molecule has 0 bridgehead atoms. The minimum Gasteiger partial charge on any atom is -0.476 e. The first kappa shape index (κ1) is 25.3. The van der Waals surface area contributed by atoms with Gasteiger partial charge in [0.25, 0.3) is 5.91 Å². The summed E-state index contributed by atoms with van der Waals surface area (Å²) in [6.07, 6.45) is 7.80. The normalized spacial score (nSPS) is 15.1. The van der Waals surface area contributed by atoms with Gasteiger partial charge < -0.3 is 14.2 Å². The van der Waals surface area contributed by atoms with Crippen LogP contribution in [0.2, 0.25) is 0 Å². The minimum atomic E-state index is -2.79. The van der Waals surface area contributed by atoms with E-state index in [1.807, 2.05) is 42.5 Å². The number of benzene rings is 1. The molecule has 5 nitrogen and oxygen atoms in total. The van der Waals surface area contributed by atoms with Gasteiger partial charge in [-0.15, -0.1) is 6.58 Å². The number of ether oxygens (including phenoxy) is 1. The van der Waals surface area contributed by atoms with Crippen LogP contribution in [0.15, 0.2) is 67.6 Å². The molecular formula is C27H28F2IN3O2. The monoisotopic (exact) mass is 591 g/mol. The van der Waals surface area contributed by atoms with Crippen molar-refractivity contribution >= 4 is 28.5 Å². The largest absolute Gasteiger partial charge is 0.476 e. The van der Waals surface area contributed by atoms with E-state index >= 15 is 0 Å². The zero-order chi connectivity index (χ0) is 25.2. The van der Waals surface area contributed by atoms with E-state index in [0.717, 1.165) is 51.3 Å². The molecule has 1 atom stereocenters. The molecule has 184 valence electrons. The molecule has 1 amide bonds. The minimum absolute atomic E-state index is 0.0965. The third-order valence-corrected chi connectivity index (χ3v) is 6.82.